The third kappa shape index (κ3) is 5.64. The molecule has 2 heteroatoms. The summed E-state index contributed by atoms with van der Waals surface area (Å²) >= 11 is 0. The molecule has 0 amide bonds. The third-order valence-electron chi connectivity index (χ3n) is 3.99. The zero-order valence-electron chi connectivity index (χ0n) is 14.1. The zero-order valence-corrected chi connectivity index (χ0v) is 14.1. The Morgan fingerprint density at radius 3 is 2.14 bits per heavy atom. The van der Waals surface area contributed by atoms with E-state index in [0.29, 0.717) is 5.92 Å². The summed E-state index contributed by atoms with van der Waals surface area (Å²) in [5, 5.41) is 20.1. The summed E-state index contributed by atoms with van der Waals surface area (Å²) in [7, 11) is 0. The molecule has 0 saturated carbocycles. The molecular weight excluding hydrogens is 260 g/mol. The molecule has 1 aromatic rings. The summed E-state index contributed by atoms with van der Waals surface area (Å²) in [6, 6.07) is 4.22. The molecule has 2 atom stereocenters. The highest BCUT2D eigenvalue weighted by Gasteiger charge is 2.11. The second kappa shape index (κ2) is 8.35. The van der Waals surface area contributed by atoms with Crippen LogP contribution in [0.25, 0.3) is 0 Å². The Balaban J connectivity index is 2.54. The lowest BCUT2D eigenvalue weighted by Crippen LogP contribution is -2.13. The maximum Gasteiger partial charge on any atom is 0.0976 e. The van der Waals surface area contributed by atoms with Gasteiger partial charge in [-0.25, -0.2) is 0 Å². The summed E-state index contributed by atoms with van der Waals surface area (Å²) in [5.74, 6) is 0.317. The Labute approximate surface area is 129 Å². The van der Waals surface area contributed by atoms with E-state index in [1.165, 1.54) is 5.56 Å². The lowest BCUT2D eigenvalue weighted by Gasteiger charge is -2.15. The Hall–Kier alpha value is -1.12. The van der Waals surface area contributed by atoms with Gasteiger partial charge in [-0.15, -0.1) is 0 Å². The van der Waals surface area contributed by atoms with Gasteiger partial charge >= 0.3 is 0 Å². The topological polar surface area (TPSA) is 40.5 Å². The molecule has 2 unspecified atom stereocenters. The van der Waals surface area contributed by atoms with Gasteiger partial charge in [0.25, 0.3) is 0 Å². The predicted octanol–water partition coefficient (Wildman–Crippen LogP) is 4.39. The van der Waals surface area contributed by atoms with Crippen LogP contribution in [0, 0.1) is 26.7 Å². The number of aliphatic hydroxyl groups excluding tert-OH is 2. The van der Waals surface area contributed by atoms with Crippen molar-refractivity contribution in [2.24, 2.45) is 5.92 Å². The number of aliphatic hydroxyl groups is 2. The van der Waals surface area contributed by atoms with E-state index in [0.717, 1.165) is 36.0 Å². The van der Waals surface area contributed by atoms with Crippen LogP contribution in [0.2, 0.25) is 0 Å². The molecule has 0 aliphatic carbocycles. The third-order valence-corrected chi connectivity index (χ3v) is 3.99. The summed E-state index contributed by atoms with van der Waals surface area (Å²) in [4.78, 5) is 0. The van der Waals surface area contributed by atoms with Crippen LogP contribution in [0.1, 0.15) is 61.5 Å². The summed E-state index contributed by atoms with van der Waals surface area (Å²) in [6.45, 7) is 10.2. The lowest BCUT2D eigenvalue weighted by atomic mass is 9.95. The van der Waals surface area contributed by atoms with Crippen molar-refractivity contribution in [2.75, 3.05) is 0 Å². The minimum atomic E-state index is -0.541. The van der Waals surface area contributed by atoms with E-state index < -0.39 is 6.10 Å². The van der Waals surface area contributed by atoms with Gasteiger partial charge in [0.2, 0.25) is 0 Å². The molecule has 0 aromatic heterocycles. The Morgan fingerprint density at radius 2 is 1.62 bits per heavy atom. The molecular formula is C19H30O2. The number of hydrogen-bond acceptors (Lipinski definition) is 2. The van der Waals surface area contributed by atoms with Crippen LogP contribution in [0.5, 0.6) is 0 Å². The molecule has 0 heterocycles. The van der Waals surface area contributed by atoms with Gasteiger partial charge in [-0.2, -0.15) is 0 Å². The van der Waals surface area contributed by atoms with Crippen LogP contribution in [0.4, 0.5) is 0 Å². The van der Waals surface area contributed by atoms with Gasteiger partial charge in [-0.3, -0.25) is 0 Å². The number of benzene rings is 1. The molecule has 1 rings (SSSR count). The molecule has 2 N–H and O–H groups in total. The number of aryl methyl sites for hydroxylation is 3. The van der Waals surface area contributed by atoms with E-state index in [2.05, 4.69) is 19.1 Å². The average molecular weight is 290 g/mol. The van der Waals surface area contributed by atoms with Crippen LogP contribution in [0.15, 0.2) is 24.3 Å². The molecule has 0 fully saturated rings. The fraction of sp³-hybridized carbons (Fsp3) is 0.579. The highest BCUT2D eigenvalue weighted by Crippen LogP contribution is 2.24. The number of allylic oxidation sites excluding steroid dienone is 1. The van der Waals surface area contributed by atoms with Crippen molar-refractivity contribution in [3.05, 3.63) is 46.5 Å². The van der Waals surface area contributed by atoms with E-state index >= 15 is 0 Å². The van der Waals surface area contributed by atoms with Crippen molar-refractivity contribution in [3.8, 4) is 0 Å². The lowest BCUT2D eigenvalue weighted by molar-refractivity contribution is 0.114. The fourth-order valence-corrected chi connectivity index (χ4v) is 2.76. The molecule has 0 radical (unpaired) electrons. The number of unbranched alkanes of at least 4 members (excludes halogenated alkanes) is 1. The van der Waals surface area contributed by atoms with Crippen molar-refractivity contribution in [2.45, 2.75) is 66.1 Å². The monoisotopic (exact) mass is 290 g/mol. The van der Waals surface area contributed by atoms with Gasteiger partial charge in [-0.05, 0) is 62.6 Å². The first-order valence-electron chi connectivity index (χ1n) is 7.93. The quantitative estimate of drug-likeness (QED) is 0.577. The maximum absolute atomic E-state index is 10.3. The largest absolute Gasteiger partial charge is 0.393 e. The van der Waals surface area contributed by atoms with Crippen LogP contribution < -0.4 is 0 Å². The molecule has 2 nitrogen and oxygen atoms in total. The zero-order chi connectivity index (χ0) is 16.0. The average Bonchev–Trinajstić information content (AvgIpc) is 2.36. The van der Waals surface area contributed by atoms with E-state index in [4.69, 9.17) is 0 Å². The minimum Gasteiger partial charge on any atom is -0.393 e. The molecule has 0 aliphatic heterocycles. The van der Waals surface area contributed by atoms with Crippen molar-refractivity contribution < 1.29 is 10.2 Å². The summed E-state index contributed by atoms with van der Waals surface area (Å²) in [5.41, 5.74) is 4.52. The standard InChI is InChI=1S/C19H30O2/c1-13(2)17(20)9-7-6-8-10-18(21)19-15(4)11-14(3)12-16(19)5/h8,10-13,17-18,20-21H,6-7,9H2,1-5H3/b10-8+. The van der Waals surface area contributed by atoms with Gasteiger partial charge < -0.3 is 10.2 Å². The van der Waals surface area contributed by atoms with E-state index in [9.17, 15) is 10.2 Å². The van der Waals surface area contributed by atoms with Gasteiger partial charge in [0, 0.05) is 0 Å². The van der Waals surface area contributed by atoms with Gasteiger partial charge in [0.05, 0.1) is 12.2 Å². The maximum atomic E-state index is 10.3. The van der Waals surface area contributed by atoms with Gasteiger partial charge in [-0.1, -0.05) is 43.7 Å². The molecule has 0 spiro atoms. The molecule has 0 aliphatic rings. The van der Waals surface area contributed by atoms with Gasteiger partial charge in [0.15, 0.2) is 0 Å². The van der Waals surface area contributed by atoms with E-state index in [1.807, 2.05) is 39.8 Å². The number of rotatable bonds is 7. The predicted molar refractivity (Wildman–Crippen MR) is 89.4 cm³/mol. The van der Waals surface area contributed by atoms with Crippen molar-refractivity contribution in [1.82, 2.24) is 0 Å². The summed E-state index contributed by atoms with van der Waals surface area (Å²) in [6.07, 6.45) is 5.80. The Bertz CT molecular complexity index is 451. The molecule has 1 aromatic carbocycles. The van der Waals surface area contributed by atoms with Crippen molar-refractivity contribution in [3.63, 3.8) is 0 Å². The second-order valence-corrected chi connectivity index (χ2v) is 6.43. The highest BCUT2D eigenvalue weighted by atomic mass is 16.3. The highest BCUT2D eigenvalue weighted by molar-refractivity contribution is 5.40. The van der Waals surface area contributed by atoms with Crippen LogP contribution in [-0.4, -0.2) is 16.3 Å². The minimum absolute atomic E-state index is 0.218. The molecule has 118 valence electrons. The van der Waals surface area contributed by atoms with E-state index in [1.54, 1.807) is 0 Å². The fourth-order valence-electron chi connectivity index (χ4n) is 2.76. The second-order valence-electron chi connectivity index (χ2n) is 6.43. The first-order valence-corrected chi connectivity index (χ1v) is 7.93. The Kier molecular flexibility index (Phi) is 7.13. The SMILES string of the molecule is Cc1cc(C)c(C(O)/C=C/CCCC(O)C(C)C)c(C)c1. The Morgan fingerprint density at radius 1 is 1.05 bits per heavy atom. The first-order chi connectivity index (χ1) is 9.82. The smallest absolute Gasteiger partial charge is 0.0976 e. The molecule has 0 bridgehead atoms. The van der Waals surface area contributed by atoms with Gasteiger partial charge in [0.1, 0.15) is 0 Å². The number of hydrogen-bond donors (Lipinski definition) is 2. The molecule has 0 saturated heterocycles. The van der Waals surface area contributed by atoms with Crippen molar-refractivity contribution in [1.29, 1.82) is 0 Å². The molecule has 21 heavy (non-hydrogen) atoms. The van der Waals surface area contributed by atoms with Crippen LogP contribution in [0.3, 0.4) is 0 Å². The van der Waals surface area contributed by atoms with Crippen LogP contribution >= 0.6 is 0 Å². The van der Waals surface area contributed by atoms with Crippen LogP contribution in [-0.2, 0) is 0 Å². The van der Waals surface area contributed by atoms with E-state index in [-0.39, 0.29) is 6.10 Å². The summed E-state index contributed by atoms with van der Waals surface area (Å²) < 4.78 is 0. The van der Waals surface area contributed by atoms with Crippen molar-refractivity contribution >= 4 is 0 Å². The normalized spacial score (nSPS) is 14.9. The first kappa shape index (κ1) is 17.9.